The first kappa shape index (κ1) is 21.4. The lowest BCUT2D eigenvalue weighted by Crippen LogP contribution is -2.31. The second kappa shape index (κ2) is 7.83. The molecular weight excluding hydrogens is 366 g/mol. The van der Waals surface area contributed by atoms with Gasteiger partial charge in [0.15, 0.2) is 0 Å². The Hall–Kier alpha value is -2.32. The number of nitrogens with zero attached hydrogens (tertiary/aromatic N) is 1. The van der Waals surface area contributed by atoms with Crippen molar-refractivity contribution in [2.75, 3.05) is 0 Å². The molecule has 29 heavy (non-hydrogen) atoms. The van der Waals surface area contributed by atoms with Gasteiger partial charge >= 0.3 is 0 Å². The highest BCUT2D eigenvalue weighted by Crippen LogP contribution is 2.39. The molecule has 2 heteroatoms. The minimum atomic E-state index is -1.46. The van der Waals surface area contributed by atoms with Gasteiger partial charge < -0.3 is 0 Å². The zero-order valence-electron chi connectivity index (χ0n) is 19.1. The molecule has 1 heterocycles. The van der Waals surface area contributed by atoms with E-state index in [0.29, 0.717) is 0 Å². The van der Waals surface area contributed by atoms with Crippen LogP contribution in [-0.4, -0.2) is 19.4 Å². The molecule has 2 aromatic carbocycles. The Morgan fingerprint density at radius 2 is 1.62 bits per heavy atom. The summed E-state index contributed by atoms with van der Waals surface area (Å²) in [6.45, 7) is 20.8. The van der Waals surface area contributed by atoms with Gasteiger partial charge in [-0.3, -0.25) is 4.58 Å². The average Bonchev–Trinajstić information content (AvgIpc) is 2.62. The molecule has 0 bridgehead atoms. The van der Waals surface area contributed by atoms with Crippen LogP contribution >= 0.6 is 0 Å². The monoisotopic (exact) mass is 401 g/mol. The molecule has 0 amide bonds. The third-order valence-corrected chi connectivity index (χ3v) is 7.46. The minimum absolute atomic E-state index is 0.255. The van der Waals surface area contributed by atoms with Gasteiger partial charge in [-0.1, -0.05) is 101 Å². The van der Waals surface area contributed by atoms with Crippen LogP contribution in [0.4, 0.5) is 0 Å². The van der Waals surface area contributed by atoms with Crippen LogP contribution in [0.1, 0.15) is 38.3 Å². The molecule has 1 nitrogen and oxygen atoms in total. The maximum atomic E-state index is 4.37. The van der Waals surface area contributed by atoms with Gasteiger partial charge in [-0.2, -0.15) is 0 Å². The molecule has 0 fully saturated rings. The minimum Gasteiger partial charge on any atom is -0.255 e. The maximum Gasteiger partial charge on any atom is 0.147 e. The van der Waals surface area contributed by atoms with Gasteiger partial charge in [-0.05, 0) is 39.8 Å². The first-order valence-corrected chi connectivity index (χ1v) is 14.0. The van der Waals surface area contributed by atoms with E-state index in [4.69, 9.17) is 0 Å². The molecule has 0 aliphatic carbocycles. The summed E-state index contributed by atoms with van der Waals surface area (Å²) in [6, 6.07) is 18.6. The molecule has 0 radical (unpaired) electrons. The van der Waals surface area contributed by atoms with Crippen LogP contribution in [0.25, 0.3) is 11.1 Å². The van der Waals surface area contributed by atoms with Crippen molar-refractivity contribution in [3.8, 4) is 11.1 Å². The van der Waals surface area contributed by atoms with E-state index in [1.165, 1.54) is 39.1 Å². The van der Waals surface area contributed by atoms with Gasteiger partial charge in [0.1, 0.15) is 12.2 Å². The molecule has 0 saturated heterocycles. The van der Waals surface area contributed by atoms with Crippen LogP contribution in [0.5, 0.6) is 0 Å². The summed E-state index contributed by atoms with van der Waals surface area (Å²) >= 11 is 0. The van der Waals surface area contributed by atoms with Gasteiger partial charge in [-0.15, -0.1) is 6.07 Å². The summed E-state index contributed by atoms with van der Waals surface area (Å²) in [7, 11) is -1.46. The van der Waals surface area contributed by atoms with Crippen molar-refractivity contribution >= 4 is 14.8 Å². The van der Waals surface area contributed by atoms with E-state index >= 15 is 0 Å². The third-order valence-electron chi connectivity index (χ3n) is 5.39. The highest BCUT2D eigenvalue weighted by molar-refractivity contribution is 6.84. The largest absolute Gasteiger partial charge is 0.255 e. The van der Waals surface area contributed by atoms with Gasteiger partial charge in [0.2, 0.25) is 0 Å². The van der Waals surface area contributed by atoms with Crippen LogP contribution in [0, 0.1) is 18.4 Å². The molecule has 1 aliphatic heterocycles. The van der Waals surface area contributed by atoms with Crippen LogP contribution in [0.15, 0.2) is 71.6 Å². The molecule has 0 N–H and O–H groups in total. The average molecular weight is 402 g/mol. The topological polar surface area (TPSA) is 3.01 Å². The molecule has 3 rings (SSSR count). The lowest BCUT2D eigenvalue weighted by atomic mass is 9.85. The lowest BCUT2D eigenvalue weighted by molar-refractivity contribution is -0.418. The fourth-order valence-electron chi connectivity index (χ4n) is 4.02. The van der Waals surface area contributed by atoms with E-state index in [1.54, 1.807) is 0 Å². The summed E-state index contributed by atoms with van der Waals surface area (Å²) in [4.78, 5) is 0. The Balaban J connectivity index is 2.02. The maximum absolute atomic E-state index is 4.37. The summed E-state index contributed by atoms with van der Waals surface area (Å²) in [5.41, 5.74) is 6.80. The number of benzene rings is 2. The van der Waals surface area contributed by atoms with E-state index < -0.39 is 8.07 Å². The smallest absolute Gasteiger partial charge is 0.147 e. The Bertz CT molecular complexity index is 966. The second-order valence-electron chi connectivity index (χ2n) is 10.5. The van der Waals surface area contributed by atoms with Gasteiger partial charge in [0, 0.05) is 0 Å². The third kappa shape index (κ3) is 5.00. The predicted molar refractivity (Wildman–Crippen MR) is 130 cm³/mol. The van der Waals surface area contributed by atoms with Crippen LogP contribution in [0.2, 0.25) is 19.6 Å². The number of hydrogen-bond acceptors (Lipinski definition) is 0. The van der Waals surface area contributed by atoms with E-state index in [0.717, 1.165) is 6.42 Å². The Morgan fingerprint density at radius 1 is 0.966 bits per heavy atom. The van der Waals surface area contributed by atoms with E-state index in [1.807, 2.05) is 0 Å². The molecule has 0 aromatic heterocycles. The van der Waals surface area contributed by atoms with Crippen molar-refractivity contribution in [3.63, 3.8) is 0 Å². The summed E-state index contributed by atoms with van der Waals surface area (Å²) in [5.74, 6) is 0. The van der Waals surface area contributed by atoms with Crippen molar-refractivity contribution in [1.29, 1.82) is 0 Å². The zero-order chi connectivity index (χ0) is 21.4. The number of hydrogen-bond donors (Lipinski definition) is 0. The van der Waals surface area contributed by atoms with Crippen LogP contribution < -0.4 is 0 Å². The normalized spacial score (nSPS) is 15.3. The van der Waals surface area contributed by atoms with Crippen molar-refractivity contribution in [1.82, 2.24) is 0 Å². The van der Waals surface area contributed by atoms with Gasteiger partial charge in [0.25, 0.3) is 0 Å². The molecule has 0 saturated carbocycles. The fourth-order valence-corrected chi connectivity index (χ4v) is 5.69. The fraction of sp³-hybridized carbons (Fsp3) is 0.333. The molecule has 0 unspecified atom stereocenters. The summed E-state index contributed by atoms with van der Waals surface area (Å²) in [5, 5.41) is 1.52. The molecule has 1 aliphatic rings. The van der Waals surface area contributed by atoms with Crippen molar-refractivity contribution in [3.05, 3.63) is 88.7 Å². The van der Waals surface area contributed by atoms with Crippen LogP contribution in [0.3, 0.4) is 0 Å². The van der Waals surface area contributed by atoms with Crippen LogP contribution in [-0.2, 0) is 0 Å². The second-order valence-corrected chi connectivity index (χ2v) is 15.5. The van der Waals surface area contributed by atoms with Crippen molar-refractivity contribution in [2.24, 2.45) is 5.41 Å². The van der Waals surface area contributed by atoms with E-state index in [9.17, 15) is 0 Å². The number of allylic oxidation sites excluding steroid dienone is 2. The molecule has 0 atom stereocenters. The van der Waals surface area contributed by atoms with Gasteiger partial charge in [-0.25, -0.2) is 0 Å². The summed E-state index contributed by atoms with van der Waals surface area (Å²) in [6.07, 6.45) is 5.78. The number of rotatable bonds is 4. The quantitative estimate of drug-likeness (QED) is 0.285. The number of aryl methyl sites for hydroxylation is 1. The molecule has 0 spiro atoms. The first-order chi connectivity index (χ1) is 13.5. The van der Waals surface area contributed by atoms with Crippen molar-refractivity contribution in [2.45, 2.75) is 53.8 Å². The Kier molecular flexibility index (Phi) is 5.78. The van der Waals surface area contributed by atoms with E-state index in [2.05, 4.69) is 119 Å². The Morgan fingerprint density at radius 3 is 2.17 bits per heavy atom. The standard InChI is InChI=1S/C27H35NSi/c1-20-16-22(21-12-10-9-11-13-21)14-15-24(20)25-17-23(18-27(2,3)4)26(19-28(25)5)29(6,7)8/h9-17,19H,5,18H2,1-4,6-8H3. The van der Waals surface area contributed by atoms with Crippen molar-refractivity contribution < 1.29 is 4.58 Å². The summed E-state index contributed by atoms with van der Waals surface area (Å²) < 4.78 is 2.09. The first-order valence-electron chi connectivity index (χ1n) is 10.5. The molecule has 2 aromatic rings. The SMILES string of the molecule is C=[N+]1C=C([Si](C)(C)C)C(CC(C)(C)C)=C[C-]1c1ccc(-c2ccccc2)cc1C. The molecule has 152 valence electrons. The highest BCUT2D eigenvalue weighted by atomic mass is 28.3. The predicted octanol–water partition coefficient (Wildman–Crippen LogP) is 7.39. The Labute approximate surface area is 178 Å². The zero-order valence-corrected chi connectivity index (χ0v) is 20.1. The molecular formula is C27H35NSi. The van der Waals surface area contributed by atoms with E-state index in [-0.39, 0.29) is 5.41 Å². The van der Waals surface area contributed by atoms with Gasteiger partial charge in [0.05, 0.1) is 14.8 Å². The lowest BCUT2D eigenvalue weighted by Gasteiger charge is -2.34. The highest BCUT2D eigenvalue weighted by Gasteiger charge is 2.31.